The van der Waals surface area contributed by atoms with Crippen molar-refractivity contribution in [2.75, 3.05) is 18.0 Å². The van der Waals surface area contributed by atoms with Gasteiger partial charge in [0.2, 0.25) is 0 Å². The number of phenolic OH excluding ortho intramolecular Hbond substituents is 1. The third kappa shape index (κ3) is 3.66. The van der Waals surface area contributed by atoms with Gasteiger partial charge in [-0.3, -0.25) is 4.68 Å². The molecule has 0 radical (unpaired) electrons. The van der Waals surface area contributed by atoms with Gasteiger partial charge in [0.25, 0.3) is 0 Å². The van der Waals surface area contributed by atoms with E-state index in [2.05, 4.69) is 50.4 Å². The minimum absolute atomic E-state index is 0.159. The lowest BCUT2D eigenvalue weighted by atomic mass is 10.0. The van der Waals surface area contributed by atoms with E-state index in [-0.39, 0.29) is 5.75 Å². The molecule has 35 heavy (non-hydrogen) atoms. The average Bonchev–Trinajstić information content (AvgIpc) is 3.49. The molecule has 1 aliphatic heterocycles. The number of piperazine rings is 1. The zero-order valence-electron chi connectivity index (χ0n) is 20.1. The van der Waals surface area contributed by atoms with E-state index >= 15 is 0 Å². The van der Waals surface area contributed by atoms with E-state index in [1.54, 1.807) is 11.0 Å². The van der Waals surface area contributed by atoms with Gasteiger partial charge in [0.15, 0.2) is 11.5 Å². The van der Waals surface area contributed by atoms with Crippen LogP contribution in [0.3, 0.4) is 0 Å². The predicted octanol–water partition coefficient (Wildman–Crippen LogP) is 3.17. The van der Waals surface area contributed by atoms with Crippen LogP contribution in [0, 0.1) is 6.92 Å². The smallest absolute Gasteiger partial charge is 0.161 e. The molecule has 6 rings (SSSR count). The maximum atomic E-state index is 11.1. The van der Waals surface area contributed by atoms with E-state index in [0.717, 1.165) is 40.6 Å². The van der Waals surface area contributed by atoms with Crippen LogP contribution in [0.2, 0.25) is 0 Å². The van der Waals surface area contributed by atoms with Gasteiger partial charge in [0, 0.05) is 65.9 Å². The van der Waals surface area contributed by atoms with Gasteiger partial charge in [0.1, 0.15) is 12.1 Å². The highest BCUT2D eigenvalue weighted by molar-refractivity contribution is 5.97. The summed E-state index contributed by atoms with van der Waals surface area (Å²) in [5.41, 5.74) is 5.18. The van der Waals surface area contributed by atoms with Crippen LogP contribution in [0.15, 0.2) is 36.9 Å². The maximum Gasteiger partial charge on any atom is 0.161 e. The molecule has 1 aliphatic rings. The third-order valence-electron chi connectivity index (χ3n) is 6.64. The Morgan fingerprint density at radius 2 is 1.89 bits per heavy atom. The number of aryl methyl sites for hydroxylation is 2. The summed E-state index contributed by atoms with van der Waals surface area (Å²) in [7, 11) is 1.87. The second-order valence-electron chi connectivity index (χ2n) is 9.47. The third-order valence-corrected chi connectivity index (χ3v) is 6.64. The zero-order valence-corrected chi connectivity index (χ0v) is 20.1. The second-order valence-corrected chi connectivity index (χ2v) is 9.47. The van der Waals surface area contributed by atoms with Crippen molar-refractivity contribution in [1.29, 1.82) is 0 Å². The van der Waals surface area contributed by atoms with Crippen molar-refractivity contribution in [3.63, 3.8) is 0 Å². The standard InChI is InChI=1S/C25H27N9O/c1-13-9-34(10-14(2)29-13)17-6-18-19(25-27-12-28-31-25)7-21(30-24(18)26-8-17)20-5-16-11-33(4)32-22(16)15(3)23(20)35/h5-8,11-14,29,35H,9-10H2,1-4H3,(H,27,28,31)/t13-,14-/m1/s1. The monoisotopic (exact) mass is 469 g/mol. The van der Waals surface area contributed by atoms with Crippen LogP contribution >= 0.6 is 0 Å². The minimum Gasteiger partial charge on any atom is -0.507 e. The summed E-state index contributed by atoms with van der Waals surface area (Å²) < 4.78 is 1.75. The van der Waals surface area contributed by atoms with E-state index in [1.807, 2.05) is 38.5 Å². The number of phenols is 1. The summed E-state index contributed by atoms with van der Waals surface area (Å²) in [5, 5.41) is 29.2. The van der Waals surface area contributed by atoms with E-state index < -0.39 is 0 Å². The molecule has 1 aromatic carbocycles. The van der Waals surface area contributed by atoms with Crippen molar-refractivity contribution in [3.8, 4) is 28.4 Å². The van der Waals surface area contributed by atoms with E-state index in [0.29, 0.717) is 40.4 Å². The Labute approximate surface area is 202 Å². The van der Waals surface area contributed by atoms with Crippen LogP contribution in [-0.2, 0) is 7.05 Å². The van der Waals surface area contributed by atoms with Crippen LogP contribution in [0.5, 0.6) is 5.75 Å². The molecule has 178 valence electrons. The molecule has 3 N–H and O–H groups in total. The fraction of sp³-hybridized carbons (Fsp3) is 0.320. The number of anilines is 1. The van der Waals surface area contributed by atoms with Crippen LogP contribution in [0.1, 0.15) is 19.4 Å². The van der Waals surface area contributed by atoms with Crippen molar-refractivity contribution in [2.45, 2.75) is 32.9 Å². The molecule has 10 nitrogen and oxygen atoms in total. The van der Waals surface area contributed by atoms with E-state index in [9.17, 15) is 5.11 Å². The van der Waals surface area contributed by atoms with E-state index in [4.69, 9.17) is 9.97 Å². The van der Waals surface area contributed by atoms with Crippen molar-refractivity contribution >= 4 is 27.6 Å². The normalized spacial score (nSPS) is 18.6. The number of benzene rings is 1. The lowest BCUT2D eigenvalue weighted by Gasteiger charge is -2.37. The van der Waals surface area contributed by atoms with Crippen LogP contribution < -0.4 is 10.2 Å². The number of nitrogens with one attached hydrogen (secondary N) is 2. The summed E-state index contributed by atoms with van der Waals surface area (Å²) in [6.45, 7) is 8.06. The number of H-pyrrole nitrogens is 1. The average molecular weight is 470 g/mol. The summed E-state index contributed by atoms with van der Waals surface area (Å²) in [5.74, 6) is 0.783. The molecular weight excluding hydrogens is 442 g/mol. The van der Waals surface area contributed by atoms with Crippen molar-refractivity contribution in [1.82, 2.24) is 40.2 Å². The number of fused-ring (bicyclic) bond motifs is 2. The molecule has 10 heteroatoms. The molecule has 0 amide bonds. The first kappa shape index (κ1) is 21.5. The molecule has 1 fully saturated rings. The maximum absolute atomic E-state index is 11.1. The number of hydrogen-bond acceptors (Lipinski definition) is 8. The zero-order chi connectivity index (χ0) is 24.3. The lowest BCUT2D eigenvalue weighted by molar-refractivity contribution is 0.407. The Bertz CT molecular complexity index is 1550. The van der Waals surface area contributed by atoms with Gasteiger partial charge >= 0.3 is 0 Å². The van der Waals surface area contributed by atoms with Crippen molar-refractivity contribution in [2.24, 2.45) is 7.05 Å². The lowest BCUT2D eigenvalue weighted by Crippen LogP contribution is -2.54. The number of nitrogens with zero attached hydrogens (tertiary/aromatic N) is 7. The highest BCUT2D eigenvalue weighted by Gasteiger charge is 2.23. The quantitative estimate of drug-likeness (QED) is 0.368. The Kier molecular flexibility index (Phi) is 4.92. The number of aromatic nitrogens is 7. The molecule has 5 heterocycles. The topological polar surface area (TPSA) is 121 Å². The molecule has 0 aliphatic carbocycles. The predicted molar refractivity (Wildman–Crippen MR) is 135 cm³/mol. The molecule has 5 aromatic rings. The Morgan fingerprint density at radius 3 is 2.63 bits per heavy atom. The van der Waals surface area contributed by atoms with Gasteiger partial charge in [-0.25, -0.2) is 9.97 Å². The fourth-order valence-electron chi connectivity index (χ4n) is 5.11. The first-order chi connectivity index (χ1) is 16.9. The highest BCUT2D eigenvalue weighted by Crippen LogP contribution is 2.39. The van der Waals surface area contributed by atoms with Crippen molar-refractivity contribution in [3.05, 3.63) is 42.5 Å². The minimum atomic E-state index is 0.159. The first-order valence-electron chi connectivity index (χ1n) is 11.7. The summed E-state index contributed by atoms with van der Waals surface area (Å²) in [4.78, 5) is 15.1. The number of pyridine rings is 2. The Hall–Kier alpha value is -4.05. The van der Waals surface area contributed by atoms with E-state index in [1.165, 1.54) is 0 Å². The molecule has 4 aromatic heterocycles. The van der Waals surface area contributed by atoms with Gasteiger partial charge in [0.05, 0.1) is 23.1 Å². The number of hydrogen-bond donors (Lipinski definition) is 3. The number of aromatic hydroxyl groups is 1. The molecule has 0 saturated carbocycles. The van der Waals surface area contributed by atoms with Crippen LogP contribution in [-0.4, -0.2) is 65.2 Å². The molecule has 1 saturated heterocycles. The molecule has 2 atom stereocenters. The van der Waals surface area contributed by atoms with Gasteiger partial charge in [-0.2, -0.15) is 5.10 Å². The largest absolute Gasteiger partial charge is 0.507 e. The van der Waals surface area contributed by atoms with Gasteiger partial charge in [-0.05, 0) is 39.0 Å². The second kappa shape index (κ2) is 8.02. The fourth-order valence-corrected chi connectivity index (χ4v) is 5.11. The van der Waals surface area contributed by atoms with Crippen molar-refractivity contribution < 1.29 is 5.11 Å². The first-order valence-corrected chi connectivity index (χ1v) is 11.7. The van der Waals surface area contributed by atoms with Crippen LogP contribution in [0.25, 0.3) is 44.6 Å². The summed E-state index contributed by atoms with van der Waals surface area (Å²) in [6, 6.07) is 6.75. The number of aromatic amines is 1. The molecule has 0 spiro atoms. The SMILES string of the molecule is Cc1c(O)c(-c2cc(-c3nnc[nH]3)c3cc(N4C[C@@H](C)N[C@H](C)C4)cnc3n2)cc2cn(C)nc12. The summed E-state index contributed by atoms with van der Waals surface area (Å²) >= 11 is 0. The van der Waals surface area contributed by atoms with Gasteiger partial charge < -0.3 is 20.3 Å². The Morgan fingerprint density at radius 1 is 1.09 bits per heavy atom. The molecule has 0 unspecified atom stereocenters. The van der Waals surface area contributed by atoms with Gasteiger partial charge in [-0.15, -0.1) is 10.2 Å². The molecular formula is C25H27N9O. The Balaban J connectivity index is 1.54. The molecule has 0 bridgehead atoms. The van der Waals surface area contributed by atoms with Crippen LogP contribution in [0.4, 0.5) is 5.69 Å². The highest BCUT2D eigenvalue weighted by atomic mass is 16.3. The number of rotatable bonds is 3. The summed E-state index contributed by atoms with van der Waals surface area (Å²) in [6.07, 6.45) is 5.37. The van der Waals surface area contributed by atoms with Gasteiger partial charge in [-0.1, -0.05) is 0 Å².